The fourth-order valence-corrected chi connectivity index (χ4v) is 1.66. The zero-order valence-electron chi connectivity index (χ0n) is 8.01. The van der Waals surface area contributed by atoms with Gasteiger partial charge in [-0.1, -0.05) is 34.6 Å². The Morgan fingerprint density at radius 2 is 1.64 bits per heavy atom. The summed E-state index contributed by atoms with van der Waals surface area (Å²) in [4.78, 5) is 10.8. The van der Waals surface area contributed by atoms with Crippen molar-refractivity contribution < 1.29 is 9.90 Å². The topological polar surface area (TPSA) is 37.3 Å². The summed E-state index contributed by atoms with van der Waals surface area (Å²) in [5.74, 6) is -0.734. The highest BCUT2D eigenvalue weighted by Gasteiger charge is 2.33. The largest absolute Gasteiger partial charge is 0.481 e. The van der Waals surface area contributed by atoms with Gasteiger partial charge in [-0.05, 0) is 11.3 Å². The molecule has 0 aliphatic rings. The monoisotopic (exact) mass is 158 g/mol. The third-order valence-electron chi connectivity index (χ3n) is 1.87. The van der Waals surface area contributed by atoms with Crippen LogP contribution in [0.25, 0.3) is 0 Å². The molecule has 0 heterocycles. The molecule has 11 heavy (non-hydrogen) atoms. The number of carboxylic acids is 1. The Morgan fingerprint density at radius 1 is 1.27 bits per heavy atom. The van der Waals surface area contributed by atoms with Crippen molar-refractivity contribution in [3.63, 3.8) is 0 Å². The Balaban J connectivity index is 4.49. The Morgan fingerprint density at radius 3 is 1.64 bits per heavy atom. The average Bonchev–Trinajstić information content (AvgIpc) is 1.54. The van der Waals surface area contributed by atoms with Crippen LogP contribution in [0.2, 0.25) is 0 Å². The van der Waals surface area contributed by atoms with Crippen LogP contribution in [-0.4, -0.2) is 11.1 Å². The van der Waals surface area contributed by atoms with Crippen molar-refractivity contribution in [1.29, 1.82) is 0 Å². The summed E-state index contributed by atoms with van der Waals surface area (Å²) < 4.78 is 0. The third-order valence-corrected chi connectivity index (χ3v) is 1.87. The van der Waals surface area contributed by atoms with Crippen LogP contribution in [0.4, 0.5) is 0 Å². The Bertz CT molecular complexity index is 142. The summed E-state index contributed by atoms with van der Waals surface area (Å²) in [5.41, 5.74) is -0.139. The van der Waals surface area contributed by atoms with Crippen LogP contribution in [0.5, 0.6) is 0 Å². The van der Waals surface area contributed by atoms with Crippen LogP contribution >= 0.6 is 0 Å². The third kappa shape index (κ3) is 2.91. The number of carboxylic acid groups (broad SMARTS) is 1. The first-order chi connectivity index (χ1) is 4.76. The van der Waals surface area contributed by atoms with Gasteiger partial charge in [-0.2, -0.15) is 0 Å². The van der Waals surface area contributed by atoms with Gasteiger partial charge in [0.05, 0.1) is 5.92 Å². The van der Waals surface area contributed by atoms with Crippen LogP contribution in [0.15, 0.2) is 0 Å². The predicted octanol–water partition coefficient (Wildman–Crippen LogP) is 2.39. The molecule has 0 spiro atoms. The van der Waals surface area contributed by atoms with Gasteiger partial charge in [-0.3, -0.25) is 4.79 Å². The second kappa shape index (κ2) is 3.24. The lowest BCUT2D eigenvalue weighted by atomic mass is 9.74. The number of hydrogen-bond acceptors (Lipinski definition) is 1. The molecule has 0 unspecified atom stereocenters. The van der Waals surface area contributed by atoms with Gasteiger partial charge < -0.3 is 5.11 Å². The molecule has 0 rings (SSSR count). The summed E-state index contributed by atoms with van der Waals surface area (Å²) >= 11 is 0. The van der Waals surface area contributed by atoms with Gasteiger partial charge in [0.25, 0.3) is 0 Å². The summed E-state index contributed by atoms with van der Waals surface area (Å²) in [7, 11) is 0. The Kier molecular flexibility index (Phi) is 3.09. The van der Waals surface area contributed by atoms with E-state index in [-0.39, 0.29) is 17.3 Å². The average molecular weight is 158 g/mol. The maximum Gasteiger partial charge on any atom is 0.307 e. The van der Waals surface area contributed by atoms with Crippen molar-refractivity contribution in [1.82, 2.24) is 0 Å². The first kappa shape index (κ1) is 10.5. The van der Waals surface area contributed by atoms with Crippen molar-refractivity contribution in [3.8, 4) is 0 Å². The fourth-order valence-electron chi connectivity index (χ4n) is 1.66. The SMILES string of the molecule is CC(C)[C@H](C(=O)O)C(C)(C)C. The highest BCUT2D eigenvalue weighted by Crippen LogP contribution is 2.31. The number of aliphatic carboxylic acids is 1. The minimum atomic E-state index is -0.688. The minimum Gasteiger partial charge on any atom is -0.481 e. The molecule has 0 fully saturated rings. The molecule has 0 aromatic carbocycles. The lowest BCUT2D eigenvalue weighted by Crippen LogP contribution is -2.32. The van der Waals surface area contributed by atoms with E-state index in [2.05, 4.69) is 0 Å². The Hall–Kier alpha value is -0.530. The maximum atomic E-state index is 10.8. The van der Waals surface area contributed by atoms with E-state index in [1.807, 2.05) is 34.6 Å². The van der Waals surface area contributed by atoms with E-state index < -0.39 is 5.97 Å². The lowest BCUT2D eigenvalue weighted by Gasteiger charge is -2.29. The maximum absolute atomic E-state index is 10.8. The van der Waals surface area contributed by atoms with Crippen LogP contribution in [-0.2, 0) is 4.79 Å². The van der Waals surface area contributed by atoms with E-state index in [0.29, 0.717) is 0 Å². The molecule has 0 bridgehead atoms. The molecule has 66 valence electrons. The molecular formula is C9H18O2. The summed E-state index contributed by atoms with van der Waals surface area (Å²) in [6, 6.07) is 0. The lowest BCUT2D eigenvalue weighted by molar-refractivity contribution is -0.147. The molecule has 0 aliphatic heterocycles. The molecule has 0 aliphatic carbocycles. The molecule has 0 aromatic rings. The molecular weight excluding hydrogens is 140 g/mol. The molecule has 0 amide bonds. The highest BCUT2D eigenvalue weighted by atomic mass is 16.4. The van der Waals surface area contributed by atoms with E-state index in [9.17, 15) is 4.79 Å². The number of hydrogen-bond donors (Lipinski definition) is 1. The fraction of sp³-hybridized carbons (Fsp3) is 0.889. The number of carbonyl (C=O) groups is 1. The Labute approximate surface area is 68.6 Å². The van der Waals surface area contributed by atoms with Crippen molar-refractivity contribution in [2.45, 2.75) is 34.6 Å². The van der Waals surface area contributed by atoms with E-state index in [1.165, 1.54) is 0 Å². The van der Waals surface area contributed by atoms with E-state index in [0.717, 1.165) is 0 Å². The van der Waals surface area contributed by atoms with Gasteiger partial charge in [0.15, 0.2) is 0 Å². The smallest absolute Gasteiger partial charge is 0.307 e. The van der Waals surface area contributed by atoms with Crippen LogP contribution < -0.4 is 0 Å². The van der Waals surface area contributed by atoms with Gasteiger partial charge in [0.1, 0.15) is 0 Å². The summed E-state index contributed by atoms with van der Waals surface area (Å²) in [5, 5.41) is 8.88. The van der Waals surface area contributed by atoms with Gasteiger partial charge in [0, 0.05) is 0 Å². The molecule has 2 heteroatoms. The number of rotatable bonds is 2. The van der Waals surface area contributed by atoms with Crippen LogP contribution in [0, 0.1) is 17.3 Å². The van der Waals surface area contributed by atoms with Gasteiger partial charge in [-0.15, -0.1) is 0 Å². The van der Waals surface area contributed by atoms with Crippen molar-refractivity contribution >= 4 is 5.97 Å². The highest BCUT2D eigenvalue weighted by molar-refractivity contribution is 5.71. The van der Waals surface area contributed by atoms with E-state index >= 15 is 0 Å². The van der Waals surface area contributed by atoms with Gasteiger partial charge >= 0.3 is 5.97 Å². The van der Waals surface area contributed by atoms with E-state index in [4.69, 9.17) is 5.11 Å². The van der Waals surface area contributed by atoms with Crippen LogP contribution in [0.1, 0.15) is 34.6 Å². The molecule has 1 N–H and O–H groups in total. The van der Waals surface area contributed by atoms with Crippen molar-refractivity contribution in [2.24, 2.45) is 17.3 Å². The zero-order valence-corrected chi connectivity index (χ0v) is 8.01. The first-order valence-electron chi connectivity index (χ1n) is 3.99. The predicted molar refractivity (Wildman–Crippen MR) is 45.4 cm³/mol. The standard InChI is InChI=1S/C9H18O2/c1-6(2)7(8(10)11)9(3,4)5/h6-7H,1-5H3,(H,10,11)/t7-/m1/s1. The minimum absolute atomic E-state index is 0.139. The quantitative estimate of drug-likeness (QED) is 0.670. The molecule has 0 radical (unpaired) electrons. The first-order valence-corrected chi connectivity index (χ1v) is 3.99. The second-order valence-electron chi connectivity index (χ2n) is 4.43. The van der Waals surface area contributed by atoms with Gasteiger partial charge in [0.2, 0.25) is 0 Å². The van der Waals surface area contributed by atoms with Crippen molar-refractivity contribution in [2.75, 3.05) is 0 Å². The molecule has 0 saturated carbocycles. The van der Waals surface area contributed by atoms with E-state index in [1.54, 1.807) is 0 Å². The van der Waals surface area contributed by atoms with Gasteiger partial charge in [-0.25, -0.2) is 0 Å². The van der Waals surface area contributed by atoms with Crippen molar-refractivity contribution in [3.05, 3.63) is 0 Å². The molecule has 0 saturated heterocycles. The molecule has 0 aromatic heterocycles. The molecule has 2 nitrogen and oxygen atoms in total. The van der Waals surface area contributed by atoms with Crippen LogP contribution in [0.3, 0.4) is 0 Å². The summed E-state index contributed by atoms with van der Waals surface area (Å²) in [6.07, 6.45) is 0. The normalized spacial score (nSPS) is 15.1. The molecule has 1 atom stereocenters. The zero-order chi connectivity index (χ0) is 9.23. The second-order valence-corrected chi connectivity index (χ2v) is 4.43. The summed E-state index contributed by atoms with van der Waals surface area (Å²) in [6.45, 7) is 9.79.